The summed E-state index contributed by atoms with van der Waals surface area (Å²) in [6, 6.07) is 0. The van der Waals surface area contributed by atoms with Crippen molar-refractivity contribution in [3.63, 3.8) is 0 Å². The Bertz CT molecular complexity index is 94.2. The van der Waals surface area contributed by atoms with E-state index >= 15 is 0 Å². The van der Waals surface area contributed by atoms with Gasteiger partial charge in [0.25, 0.3) is 0 Å². The summed E-state index contributed by atoms with van der Waals surface area (Å²) in [7, 11) is 0. The fraction of sp³-hybridized carbons (Fsp3) is 0.818. The van der Waals surface area contributed by atoms with Crippen molar-refractivity contribution in [2.45, 2.75) is 46.5 Å². The molecule has 0 amide bonds. The van der Waals surface area contributed by atoms with Crippen LogP contribution in [0.4, 0.5) is 0 Å². The van der Waals surface area contributed by atoms with Gasteiger partial charge in [-0.25, -0.2) is 0 Å². The van der Waals surface area contributed by atoms with Crippen LogP contribution >= 0.6 is 0 Å². The van der Waals surface area contributed by atoms with Gasteiger partial charge in [-0.1, -0.05) is 46.1 Å². The minimum Gasteiger partial charge on any atom is -0.103 e. The highest BCUT2D eigenvalue weighted by molar-refractivity contribution is 4.76. The third kappa shape index (κ3) is 6.15. The predicted octanol–water partition coefficient (Wildman–Crippen LogP) is 4.02. The van der Waals surface area contributed by atoms with E-state index in [0.717, 1.165) is 5.92 Å². The largest absolute Gasteiger partial charge is 0.103 e. The fourth-order valence-corrected chi connectivity index (χ4v) is 1.40. The van der Waals surface area contributed by atoms with Gasteiger partial charge in [-0.05, 0) is 18.3 Å². The molecule has 0 aromatic heterocycles. The minimum absolute atomic E-state index is 0.696. The van der Waals surface area contributed by atoms with Gasteiger partial charge in [0.15, 0.2) is 0 Å². The SMILES string of the molecule is C=C[C@@H](C)C[C@@H](C)CCCC. The molecular weight excluding hydrogens is 132 g/mol. The van der Waals surface area contributed by atoms with Crippen LogP contribution in [-0.2, 0) is 0 Å². The lowest BCUT2D eigenvalue weighted by Gasteiger charge is -2.13. The molecule has 0 heterocycles. The van der Waals surface area contributed by atoms with Crippen LogP contribution in [0.15, 0.2) is 12.7 Å². The molecule has 0 aliphatic carbocycles. The van der Waals surface area contributed by atoms with Crippen LogP contribution in [0.2, 0.25) is 0 Å². The fourth-order valence-electron chi connectivity index (χ4n) is 1.40. The second-order valence-corrected chi connectivity index (χ2v) is 3.70. The zero-order valence-corrected chi connectivity index (χ0v) is 8.27. The molecule has 0 radical (unpaired) electrons. The molecule has 0 N–H and O–H groups in total. The lowest BCUT2D eigenvalue weighted by atomic mass is 9.93. The summed E-state index contributed by atoms with van der Waals surface area (Å²) in [5.41, 5.74) is 0. The first-order chi connectivity index (χ1) is 5.20. The van der Waals surface area contributed by atoms with Crippen molar-refractivity contribution >= 4 is 0 Å². The number of rotatable bonds is 6. The normalized spacial score (nSPS) is 15.9. The molecule has 0 nitrogen and oxygen atoms in total. The Morgan fingerprint density at radius 1 is 1.36 bits per heavy atom. The standard InChI is InChI=1S/C11H22/c1-5-7-8-11(4)9-10(3)6-2/h6,10-11H,2,5,7-9H2,1,3-4H3/t10-,11+/m1/s1. The van der Waals surface area contributed by atoms with Crippen molar-refractivity contribution in [3.05, 3.63) is 12.7 Å². The van der Waals surface area contributed by atoms with Crippen LogP contribution in [0.1, 0.15) is 46.5 Å². The summed E-state index contributed by atoms with van der Waals surface area (Å²) in [4.78, 5) is 0. The highest BCUT2D eigenvalue weighted by Crippen LogP contribution is 2.17. The third-order valence-electron chi connectivity index (χ3n) is 2.23. The van der Waals surface area contributed by atoms with E-state index in [1.807, 2.05) is 0 Å². The first-order valence-corrected chi connectivity index (χ1v) is 4.83. The van der Waals surface area contributed by atoms with E-state index < -0.39 is 0 Å². The van der Waals surface area contributed by atoms with Crippen molar-refractivity contribution in [1.82, 2.24) is 0 Å². The molecule has 0 unspecified atom stereocenters. The molecule has 0 saturated carbocycles. The number of allylic oxidation sites excluding steroid dienone is 1. The van der Waals surface area contributed by atoms with E-state index in [1.165, 1.54) is 25.7 Å². The summed E-state index contributed by atoms with van der Waals surface area (Å²) in [6.45, 7) is 10.6. The van der Waals surface area contributed by atoms with Gasteiger partial charge in [0.05, 0.1) is 0 Å². The van der Waals surface area contributed by atoms with Gasteiger partial charge in [0.2, 0.25) is 0 Å². The maximum absolute atomic E-state index is 3.79. The second kappa shape index (κ2) is 6.45. The van der Waals surface area contributed by atoms with Crippen LogP contribution in [0.5, 0.6) is 0 Å². The van der Waals surface area contributed by atoms with Gasteiger partial charge < -0.3 is 0 Å². The Balaban J connectivity index is 3.34. The third-order valence-corrected chi connectivity index (χ3v) is 2.23. The van der Waals surface area contributed by atoms with Gasteiger partial charge in [-0.2, -0.15) is 0 Å². The zero-order chi connectivity index (χ0) is 8.69. The molecular formula is C11H22. The highest BCUT2D eigenvalue weighted by Gasteiger charge is 2.04. The van der Waals surface area contributed by atoms with Crippen molar-refractivity contribution in [2.75, 3.05) is 0 Å². The molecule has 0 fully saturated rings. The van der Waals surface area contributed by atoms with Gasteiger partial charge >= 0.3 is 0 Å². The van der Waals surface area contributed by atoms with Gasteiger partial charge in [-0.3, -0.25) is 0 Å². The summed E-state index contributed by atoms with van der Waals surface area (Å²) < 4.78 is 0. The van der Waals surface area contributed by atoms with E-state index in [-0.39, 0.29) is 0 Å². The Hall–Kier alpha value is -0.260. The summed E-state index contributed by atoms with van der Waals surface area (Å²) in [5.74, 6) is 1.57. The van der Waals surface area contributed by atoms with E-state index in [2.05, 4.69) is 33.4 Å². The van der Waals surface area contributed by atoms with Crippen LogP contribution < -0.4 is 0 Å². The van der Waals surface area contributed by atoms with Crippen LogP contribution in [0.3, 0.4) is 0 Å². The number of hydrogen-bond acceptors (Lipinski definition) is 0. The summed E-state index contributed by atoms with van der Waals surface area (Å²) in [6.07, 6.45) is 7.46. The second-order valence-electron chi connectivity index (χ2n) is 3.70. The molecule has 2 atom stereocenters. The predicted molar refractivity (Wildman–Crippen MR) is 52.7 cm³/mol. The maximum atomic E-state index is 3.79. The van der Waals surface area contributed by atoms with E-state index in [1.54, 1.807) is 0 Å². The molecule has 0 heteroatoms. The smallest absolute Gasteiger partial charge is 0.0262 e. The lowest BCUT2D eigenvalue weighted by molar-refractivity contribution is 0.425. The average Bonchev–Trinajstić information content (AvgIpc) is 2.00. The van der Waals surface area contributed by atoms with Gasteiger partial charge in [0.1, 0.15) is 0 Å². The molecule has 11 heavy (non-hydrogen) atoms. The maximum Gasteiger partial charge on any atom is -0.0262 e. The van der Waals surface area contributed by atoms with Crippen LogP contribution in [0.25, 0.3) is 0 Å². The minimum atomic E-state index is 0.696. The highest BCUT2D eigenvalue weighted by atomic mass is 14.1. The van der Waals surface area contributed by atoms with Gasteiger partial charge in [-0.15, -0.1) is 6.58 Å². The molecule has 0 rings (SSSR count). The Labute approximate surface area is 71.7 Å². The molecule has 0 bridgehead atoms. The molecule has 0 aliphatic rings. The lowest BCUT2D eigenvalue weighted by Crippen LogP contribution is -2.00. The number of hydrogen-bond donors (Lipinski definition) is 0. The zero-order valence-electron chi connectivity index (χ0n) is 8.27. The van der Waals surface area contributed by atoms with Crippen LogP contribution in [0, 0.1) is 11.8 Å². The van der Waals surface area contributed by atoms with Gasteiger partial charge in [0, 0.05) is 0 Å². The topological polar surface area (TPSA) is 0 Å². The Kier molecular flexibility index (Phi) is 6.30. The van der Waals surface area contributed by atoms with E-state index in [9.17, 15) is 0 Å². The molecule has 0 aliphatic heterocycles. The molecule has 0 aromatic rings. The summed E-state index contributed by atoms with van der Waals surface area (Å²) >= 11 is 0. The van der Waals surface area contributed by atoms with E-state index in [0.29, 0.717) is 5.92 Å². The van der Waals surface area contributed by atoms with E-state index in [4.69, 9.17) is 0 Å². The molecule has 0 saturated heterocycles. The Morgan fingerprint density at radius 2 is 2.00 bits per heavy atom. The number of unbranched alkanes of at least 4 members (excludes halogenated alkanes) is 1. The van der Waals surface area contributed by atoms with Crippen molar-refractivity contribution in [2.24, 2.45) is 11.8 Å². The Morgan fingerprint density at radius 3 is 2.45 bits per heavy atom. The van der Waals surface area contributed by atoms with Crippen molar-refractivity contribution < 1.29 is 0 Å². The van der Waals surface area contributed by atoms with Crippen molar-refractivity contribution in [1.29, 1.82) is 0 Å². The first kappa shape index (κ1) is 10.7. The first-order valence-electron chi connectivity index (χ1n) is 4.83. The van der Waals surface area contributed by atoms with Crippen molar-refractivity contribution in [3.8, 4) is 0 Å². The average molecular weight is 154 g/mol. The molecule has 0 aromatic carbocycles. The molecule has 66 valence electrons. The summed E-state index contributed by atoms with van der Waals surface area (Å²) in [5, 5.41) is 0. The monoisotopic (exact) mass is 154 g/mol. The van der Waals surface area contributed by atoms with Crippen LogP contribution in [-0.4, -0.2) is 0 Å². The quantitative estimate of drug-likeness (QED) is 0.507. The molecule has 0 spiro atoms.